The zero-order chi connectivity index (χ0) is 16.3. The largest absolute Gasteiger partial charge is 0.497 e. The average Bonchev–Trinajstić information content (AvgIpc) is 2.61. The molecule has 1 nitrogen and oxygen atoms in total. The highest BCUT2D eigenvalue weighted by Crippen LogP contribution is 2.32. The molecular formula is C22H30O. The highest BCUT2D eigenvalue weighted by atomic mass is 16.5. The third-order valence-corrected chi connectivity index (χ3v) is 4.87. The minimum absolute atomic E-state index is 0.739. The van der Waals surface area contributed by atoms with Crippen molar-refractivity contribution in [2.45, 2.75) is 58.3 Å². The van der Waals surface area contributed by atoms with Crippen LogP contribution < -0.4 is 4.74 Å². The molecule has 2 rings (SSSR count). The van der Waals surface area contributed by atoms with Gasteiger partial charge in [-0.25, -0.2) is 0 Å². The lowest BCUT2D eigenvalue weighted by Gasteiger charge is -2.26. The van der Waals surface area contributed by atoms with Gasteiger partial charge in [-0.15, -0.1) is 0 Å². The van der Waals surface area contributed by atoms with Gasteiger partial charge in [0.05, 0.1) is 7.11 Å². The van der Waals surface area contributed by atoms with Gasteiger partial charge in [-0.1, -0.05) is 50.5 Å². The van der Waals surface area contributed by atoms with Crippen LogP contribution in [0.15, 0.2) is 36.4 Å². The lowest BCUT2D eigenvalue weighted by molar-refractivity contribution is 0.289. The molecular weight excluding hydrogens is 280 g/mol. The number of ether oxygens (including phenoxy) is 1. The summed E-state index contributed by atoms with van der Waals surface area (Å²) in [6, 6.07) is 7.91. The maximum Gasteiger partial charge on any atom is 0.118 e. The third kappa shape index (κ3) is 6.53. The van der Waals surface area contributed by atoms with Crippen LogP contribution in [0.5, 0.6) is 5.75 Å². The molecule has 1 aromatic carbocycles. The SMILES string of the molecule is CCCCC[C@H]1CC[C@H](C=CC#Cc2ccc(OC)cc2)CC1. The molecule has 0 aromatic heterocycles. The van der Waals surface area contributed by atoms with Crippen LogP contribution in [0.1, 0.15) is 63.9 Å². The van der Waals surface area contributed by atoms with E-state index in [0.717, 1.165) is 23.1 Å². The molecule has 23 heavy (non-hydrogen) atoms. The first-order valence-electron chi connectivity index (χ1n) is 9.14. The van der Waals surface area contributed by atoms with Crippen molar-refractivity contribution in [1.82, 2.24) is 0 Å². The van der Waals surface area contributed by atoms with Gasteiger partial charge in [0.25, 0.3) is 0 Å². The summed E-state index contributed by atoms with van der Waals surface area (Å²) in [7, 11) is 1.68. The van der Waals surface area contributed by atoms with Crippen LogP contribution >= 0.6 is 0 Å². The summed E-state index contributed by atoms with van der Waals surface area (Å²) < 4.78 is 5.15. The van der Waals surface area contributed by atoms with E-state index in [1.807, 2.05) is 30.3 Å². The summed E-state index contributed by atoms with van der Waals surface area (Å²) in [5, 5.41) is 0. The second kappa shape index (κ2) is 10.2. The van der Waals surface area contributed by atoms with E-state index in [1.54, 1.807) is 7.11 Å². The molecule has 1 heteroatoms. The van der Waals surface area contributed by atoms with Crippen molar-refractivity contribution in [1.29, 1.82) is 0 Å². The summed E-state index contributed by atoms with van der Waals surface area (Å²) in [4.78, 5) is 0. The molecule has 1 fully saturated rings. The molecule has 0 unspecified atom stereocenters. The van der Waals surface area contributed by atoms with E-state index in [-0.39, 0.29) is 0 Å². The molecule has 1 aliphatic carbocycles. The van der Waals surface area contributed by atoms with Crippen LogP contribution in [0.2, 0.25) is 0 Å². The Morgan fingerprint density at radius 2 is 1.83 bits per heavy atom. The van der Waals surface area contributed by atoms with E-state index in [4.69, 9.17) is 4.74 Å². The average molecular weight is 310 g/mol. The summed E-state index contributed by atoms with van der Waals surface area (Å²) >= 11 is 0. The van der Waals surface area contributed by atoms with Gasteiger partial charge in [0.15, 0.2) is 0 Å². The van der Waals surface area contributed by atoms with E-state index in [2.05, 4.69) is 24.8 Å². The van der Waals surface area contributed by atoms with Gasteiger partial charge in [0.2, 0.25) is 0 Å². The Balaban J connectivity index is 1.71. The van der Waals surface area contributed by atoms with Crippen LogP contribution in [0.4, 0.5) is 0 Å². The predicted octanol–water partition coefficient (Wildman–Crippen LogP) is 5.99. The number of unbranched alkanes of at least 4 members (excludes halogenated alkanes) is 2. The highest BCUT2D eigenvalue weighted by molar-refractivity contribution is 5.40. The number of rotatable bonds is 6. The Morgan fingerprint density at radius 1 is 1.09 bits per heavy atom. The number of benzene rings is 1. The molecule has 0 spiro atoms. The molecule has 1 aliphatic rings. The van der Waals surface area contributed by atoms with E-state index in [0.29, 0.717) is 0 Å². The number of allylic oxidation sites excluding steroid dienone is 2. The van der Waals surface area contributed by atoms with E-state index in [9.17, 15) is 0 Å². The summed E-state index contributed by atoms with van der Waals surface area (Å²) in [6.45, 7) is 2.29. The fourth-order valence-corrected chi connectivity index (χ4v) is 3.34. The highest BCUT2D eigenvalue weighted by Gasteiger charge is 2.18. The summed E-state index contributed by atoms with van der Waals surface area (Å²) in [5.74, 6) is 8.95. The van der Waals surface area contributed by atoms with Crippen LogP contribution in [0, 0.1) is 23.7 Å². The molecule has 0 heterocycles. The fourth-order valence-electron chi connectivity index (χ4n) is 3.34. The maximum atomic E-state index is 5.15. The number of hydrogen-bond donors (Lipinski definition) is 0. The molecule has 0 atom stereocenters. The van der Waals surface area contributed by atoms with Gasteiger partial charge < -0.3 is 4.74 Å². The molecule has 0 N–H and O–H groups in total. The number of methoxy groups -OCH3 is 1. The molecule has 1 aromatic rings. The van der Waals surface area contributed by atoms with Crippen LogP contribution in [0.3, 0.4) is 0 Å². The molecule has 0 aliphatic heterocycles. The van der Waals surface area contributed by atoms with Crippen molar-refractivity contribution in [2.24, 2.45) is 11.8 Å². The van der Waals surface area contributed by atoms with Gasteiger partial charge in [0, 0.05) is 5.56 Å². The zero-order valence-corrected chi connectivity index (χ0v) is 14.7. The van der Waals surface area contributed by atoms with Crippen LogP contribution in [-0.2, 0) is 0 Å². The van der Waals surface area contributed by atoms with E-state index < -0.39 is 0 Å². The zero-order valence-electron chi connectivity index (χ0n) is 14.7. The smallest absolute Gasteiger partial charge is 0.118 e. The first-order chi connectivity index (χ1) is 11.3. The minimum atomic E-state index is 0.739. The minimum Gasteiger partial charge on any atom is -0.497 e. The van der Waals surface area contributed by atoms with E-state index >= 15 is 0 Å². The third-order valence-electron chi connectivity index (χ3n) is 4.87. The Hall–Kier alpha value is -1.68. The van der Waals surface area contributed by atoms with Gasteiger partial charge >= 0.3 is 0 Å². The van der Waals surface area contributed by atoms with Crippen LogP contribution in [-0.4, -0.2) is 7.11 Å². The first-order valence-corrected chi connectivity index (χ1v) is 9.14. The topological polar surface area (TPSA) is 9.23 Å². The number of hydrogen-bond acceptors (Lipinski definition) is 1. The normalized spacial score (nSPS) is 21.0. The Kier molecular flexibility index (Phi) is 7.81. The molecule has 124 valence electrons. The fraction of sp³-hybridized carbons (Fsp3) is 0.545. The van der Waals surface area contributed by atoms with Crippen molar-refractivity contribution >= 4 is 0 Å². The standard InChI is InChI=1S/C22H30O/c1-3-4-5-8-19-11-13-20(14-12-19)9-6-7-10-21-15-17-22(23-2)18-16-21/h6,9,15-20H,3-5,8,11-14H2,1-2H3/t19-,20-. The molecule has 1 saturated carbocycles. The van der Waals surface area contributed by atoms with Crippen molar-refractivity contribution in [2.75, 3.05) is 7.11 Å². The second-order valence-corrected chi connectivity index (χ2v) is 6.63. The molecule has 0 radical (unpaired) electrons. The Morgan fingerprint density at radius 3 is 2.48 bits per heavy atom. The van der Waals surface area contributed by atoms with Gasteiger partial charge in [-0.2, -0.15) is 0 Å². The Bertz CT molecular complexity index is 521. The summed E-state index contributed by atoms with van der Waals surface area (Å²) in [6.07, 6.45) is 15.5. The van der Waals surface area contributed by atoms with Gasteiger partial charge in [-0.3, -0.25) is 0 Å². The van der Waals surface area contributed by atoms with Crippen molar-refractivity contribution in [3.05, 3.63) is 42.0 Å². The second-order valence-electron chi connectivity index (χ2n) is 6.63. The maximum absolute atomic E-state index is 5.15. The first kappa shape index (κ1) is 17.7. The molecule has 0 amide bonds. The van der Waals surface area contributed by atoms with Crippen molar-refractivity contribution in [3.63, 3.8) is 0 Å². The quantitative estimate of drug-likeness (QED) is 0.463. The molecule has 0 bridgehead atoms. The molecule has 0 saturated heterocycles. The predicted molar refractivity (Wildman–Crippen MR) is 98.6 cm³/mol. The monoisotopic (exact) mass is 310 g/mol. The van der Waals surface area contributed by atoms with Crippen LogP contribution in [0.25, 0.3) is 0 Å². The Labute approximate surface area is 142 Å². The van der Waals surface area contributed by atoms with Gasteiger partial charge in [-0.05, 0) is 67.9 Å². The lowest BCUT2D eigenvalue weighted by Crippen LogP contribution is -2.12. The van der Waals surface area contributed by atoms with Gasteiger partial charge in [0.1, 0.15) is 5.75 Å². The lowest BCUT2D eigenvalue weighted by atomic mass is 9.79. The summed E-state index contributed by atoms with van der Waals surface area (Å²) in [5.41, 5.74) is 1.04. The van der Waals surface area contributed by atoms with Crippen molar-refractivity contribution < 1.29 is 4.74 Å². The van der Waals surface area contributed by atoms with E-state index in [1.165, 1.54) is 51.4 Å². The van der Waals surface area contributed by atoms with Crippen molar-refractivity contribution in [3.8, 4) is 17.6 Å².